The van der Waals surface area contributed by atoms with E-state index >= 15 is 0 Å². The molecule has 178 valence electrons. The Morgan fingerprint density at radius 2 is 1.12 bits per heavy atom. The van der Waals surface area contributed by atoms with Gasteiger partial charge in [0.05, 0.1) is 0 Å². The fourth-order valence-electron chi connectivity index (χ4n) is 4.36. The highest BCUT2D eigenvalue weighted by molar-refractivity contribution is 8.16. The minimum Gasteiger partial charge on any atom is -0.334 e. The molecule has 1 unspecified atom stereocenters. The van der Waals surface area contributed by atoms with Crippen molar-refractivity contribution in [1.29, 1.82) is 0 Å². The fraction of sp³-hybridized carbons (Fsp3) is 0.571. The smallest absolute Gasteiger partial charge is 0.183 e. The van der Waals surface area contributed by atoms with Crippen molar-refractivity contribution in [2.45, 2.75) is 99.3 Å². The Balaban J connectivity index is 2.91. The Morgan fingerprint density at radius 1 is 0.719 bits per heavy atom. The monoisotopic (exact) mass is 473 g/mol. The molecular formula is C28H44NOPS. The summed E-state index contributed by atoms with van der Waals surface area (Å²) in [6.45, 7) is 27.0. The summed E-state index contributed by atoms with van der Waals surface area (Å²) in [5.74, 6) is 0. The molecule has 2 nitrogen and oxygen atoms in total. The van der Waals surface area contributed by atoms with Crippen LogP contribution < -0.4 is 10.4 Å². The maximum Gasteiger partial charge on any atom is 0.183 e. The van der Waals surface area contributed by atoms with Gasteiger partial charge in [-0.25, -0.2) is 0 Å². The number of anilines is 1. The topological polar surface area (TPSA) is 21.3 Å². The highest BCUT2D eigenvalue weighted by Gasteiger charge is 2.33. The fourth-order valence-corrected chi connectivity index (χ4v) is 7.47. The molecule has 1 atom stereocenters. The second kappa shape index (κ2) is 8.90. The first kappa shape index (κ1) is 27.1. The van der Waals surface area contributed by atoms with Crippen molar-refractivity contribution < 1.29 is 4.52 Å². The molecule has 0 radical (unpaired) electrons. The minimum absolute atomic E-state index is 0.0468. The van der Waals surface area contributed by atoms with Crippen molar-refractivity contribution in [2.75, 3.05) is 12.2 Å². The summed E-state index contributed by atoms with van der Waals surface area (Å²) in [7, 11) is 1.75. The van der Waals surface area contributed by atoms with E-state index in [-0.39, 0.29) is 16.2 Å². The number of aryl methyl sites for hydroxylation is 3. The lowest BCUT2D eigenvalue weighted by Gasteiger charge is -2.36. The molecular weight excluding hydrogens is 429 g/mol. The van der Waals surface area contributed by atoms with Crippen molar-refractivity contribution in [3.63, 3.8) is 0 Å². The first-order valence-corrected chi connectivity index (χ1v) is 14.3. The zero-order valence-electron chi connectivity index (χ0n) is 22.6. The maximum atomic E-state index is 6.32. The zero-order valence-corrected chi connectivity index (χ0v) is 24.3. The van der Waals surface area contributed by atoms with Crippen LogP contribution in [-0.4, -0.2) is 7.11 Å². The normalized spacial score (nSPS) is 14.9. The SMILES string of the molecule is COP(=S)(Nc1c(C(C)(C)C)cc(C(C)(C)C)cc1C(C)(C)C)c1c(C)cc(C)cc1C. The van der Waals surface area contributed by atoms with Crippen LogP contribution in [0.15, 0.2) is 24.3 Å². The summed E-state index contributed by atoms with van der Waals surface area (Å²) in [6.07, 6.45) is -2.54. The predicted octanol–water partition coefficient (Wildman–Crippen LogP) is 8.20. The van der Waals surface area contributed by atoms with Crippen LogP contribution in [-0.2, 0) is 32.6 Å². The second-order valence-electron chi connectivity index (χ2n) is 12.3. The van der Waals surface area contributed by atoms with Crippen LogP contribution >= 0.6 is 6.42 Å². The lowest BCUT2D eigenvalue weighted by Crippen LogP contribution is -2.26. The highest BCUT2D eigenvalue weighted by atomic mass is 32.4. The summed E-state index contributed by atoms with van der Waals surface area (Å²) in [4.78, 5) is 0. The van der Waals surface area contributed by atoms with Gasteiger partial charge in [0, 0.05) is 18.1 Å². The third-order valence-corrected chi connectivity index (χ3v) is 9.66. The Labute approximate surface area is 202 Å². The molecule has 2 rings (SSSR count). The molecule has 0 aromatic heterocycles. The predicted molar refractivity (Wildman–Crippen MR) is 148 cm³/mol. The van der Waals surface area contributed by atoms with Crippen LogP contribution in [0.1, 0.15) is 95.7 Å². The van der Waals surface area contributed by atoms with Crippen LogP contribution in [0.25, 0.3) is 0 Å². The molecule has 0 bridgehead atoms. The molecule has 0 aliphatic heterocycles. The van der Waals surface area contributed by atoms with E-state index in [4.69, 9.17) is 16.3 Å². The van der Waals surface area contributed by atoms with Gasteiger partial charge in [-0.2, -0.15) is 0 Å². The molecule has 1 N–H and O–H groups in total. The van der Waals surface area contributed by atoms with Crippen molar-refractivity contribution in [1.82, 2.24) is 0 Å². The van der Waals surface area contributed by atoms with Crippen molar-refractivity contribution in [2.24, 2.45) is 0 Å². The third-order valence-electron chi connectivity index (χ3n) is 6.07. The van der Waals surface area contributed by atoms with Crippen LogP contribution in [0.2, 0.25) is 0 Å². The van der Waals surface area contributed by atoms with Gasteiger partial charge in [0.25, 0.3) is 0 Å². The van der Waals surface area contributed by atoms with Crippen molar-refractivity contribution in [3.05, 3.63) is 57.6 Å². The molecule has 2 aromatic rings. The molecule has 4 heteroatoms. The van der Waals surface area contributed by atoms with E-state index in [1.807, 2.05) is 0 Å². The van der Waals surface area contributed by atoms with Gasteiger partial charge in [-0.15, -0.1) is 0 Å². The molecule has 2 aromatic carbocycles. The molecule has 0 spiro atoms. The van der Waals surface area contributed by atoms with E-state index in [1.54, 1.807) is 7.11 Å². The van der Waals surface area contributed by atoms with Crippen LogP contribution in [0.3, 0.4) is 0 Å². The summed E-state index contributed by atoms with van der Waals surface area (Å²) in [5.41, 5.74) is 8.69. The lowest BCUT2D eigenvalue weighted by molar-refractivity contribution is 0.468. The first-order chi connectivity index (χ1) is 14.3. The standard InChI is InChI=1S/C28H44NOPS/c1-18-14-19(2)25(20(3)15-18)31(32,30-13)29-24-22(27(7,8)9)16-21(26(4,5)6)17-23(24)28(10,11)12/h14-17H,1-13H3,(H,29,32). The Hall–Kier alpha value is -1.15. The molecule has 0 heterocycles. The molecule has 32 heavy (non-hydrogen) atoms. The van der Waals surface area contributed by atoms with Crippen LogP contribution in [0.4, 0.5) is 5.69 Å². The van der Waals surface area contributed by atoms with Gasteiger partial charge in [0.2, 0.25) is 0 Å². The van der Waals surface area contributed by atoms with E-state index in [9.17, 15) is 0 Å². The van der Waals surface area contributed by atoms with Gasteiger partial charge >= 0.3 is 0 Å². The molecule has 0 aliphatic carbocycles. The van der Waals surface area contributed by atoms with Gasteiger partial charge in [0.15, 0.2) is 6.42 Å². The Kier molecular flexibility index (Phi) is 7.53. The van der Waals surface area contributed by atoms with Gasteiger partial charge in [-0.3, -0.25) is 0 Å². The number of hydrogen-bond acceptors (Lipinski definition) is 2. The lowest BCUT2D eigenvalue weighted by atomic mass is 9.74. The highest BCUT2D eigenvalue weighted by Crippen LogP contribution is 2.52. The van der Waals surface area contributed by atoms with E-state index in [2.05, 4.69) is 112 Å². The summed E-state index contributed by atoms with van der Waals surface area (Å²) in [5, 5.41) is 4.99. The van der Waals surface area contributed by atoms with E-state index in [1.165, 1.54) is 33.4 Å². The molecule has 0 saturated carbocycles. The summed E-state index contributed by atoms with van der Waals surface area (Å²) >= 11 is 6.32. The Bertz CT molecular complexity index is 991. The zero-order chi connectivity index (χ0) is 24.9. The van der Waals surface area contributed by atoms with Gasteiger partial charge in [-0.1, -0.05) is 92.1 Å². The molecule has 0 saturated heterocycles. The first-order valence-electron chi connectivity index (χ1n) is 11.5. The van der Waals surface area contributed by atoms with E-state index < -0.39 is 6.42 Å². The molecule has 0 aliphatic rings. The van der Waals surface area contributed by atoms with Crippen molar-refractivity contribution in [3.8, 4) is 0 Å². The van der Waals surface area contributed by atoms with Crippen LogP contribution in [0, 0.1) is 20.8 Å². The quantitative estimate of drug-likeness (QED) is 0.452. The average Bonchev–Trinajstić information content (AvgIpc) is 2.57. The minimum atomic E-state index is -2.54. The van der Waals surface area contributed by atoms with E-state index in [0.29, 0.717) is 0 Å². The summed E-state index contributed by atoms with van der Waals surface area (Å²) < 4.78 is 6.18. The second-order valence-corrected chi connectivity index (χ2v) is 16.0. The van der Waals surface area contributed by atoms with Gasteiger partial charge in [-0.05, 0) is 76.6 Å². The third kappa shape index (κ3) is 5.66. The number of hydrogen-bond donors (Lipinski definition) is 1. The summed E-state index contributed by atoms with van der Waals surface area (Å²) in [6, 6.07) is 9.17. The maximum absolute atomic E-state index is 6.32. The number of benzene rings is 2. The van der Waals surface area contributed by atoms with Crippen LogP contribution in [0.5, 0.6) is 0 Å². The molecule has 0 fully saturated rings. The Morgan fingerprint density at radius 3 is 1.44 bits per heavy atom. The average molecular weight is 474 g/mol. The number of nitrogens with one attached hydrogen (secondary N) is 1. The molecule has 0 amide bonds. The van der Waals surface area contributed by atoms with Crippen molar-refractivity contribution >= 4 is 29.2 Å². The number of rotatable bonds is 4. The largest absolute Gasteiger partial charge is 0.334 e. The van der Waals surface area contributed by atoms with E-state index in [0.717, 1.165) is 11.0 Å². The van der Waals surface area contributed by atoms with Gasteiger partial charge in [0.1, 0.15) is 0 Å². The van der Waals surface area contributed by atoms with Gasteiger partial charge < -0.3 is 9.61 Å².